The van der Waals surface area contributed by atoms with Crippen LogP contribution in [0.3, 0.4) is 0 Å². The van der Waals surface area contributed by atoms with Gasteiger partial charge in [-0.1, -0.05) is 23.8 Å². The van der Waals surface area contributed by atoms with Crippen molar-refractivity contribution < 1.29 is 4.79 Å². The molecule has 82 valence electrons. The highest BCUT2D eigenvalue weighted by atomic mass is 16.2. The quantitative estimate of drug-likeness (QED) is 0.678. The van der Waals surface area contributed by atoms with Crippen LogP contribution in [0.4, 0.5) is 0 Å². The summed E-state index contributed by atoms with van der Waals surface area (Å²) in [5, 5.41) is 0. The molecule has 0 bridgehead atoms. The van der Waals surface area contributed by atoms with Crippen LogP contribution in [0.5, 0.6) is 0 Å². The summed E-state index contributed by atoms with van der Waals surface area (Å²) < 4.78 is 0. The van der Waals surface area contributed by atoms with Crippen LogP contribution in [0.2, 0.25) is 0 Å². The summed E-state index contributed by atoms with van der Waals surface area (Å²) in [5.41, 5.74) is 1.30. The Kier molecular flexibility index (Phi) is 3.24. The summed E-state index contributed by atoms with van der Waals surface area (Å²) in [6.07, 6.45) is 10.8. The molecule has 0 N–H and O–H groups in total. The Hall–Kier alpha value is -1.05. The largest absolute Gasteiger partial charge is 0.342 e. The van der Waals surface area contributed by atoms with E-state index in [-0.39, 0.29) is 5.92 Å². The molecular weight excluding hydrogens is 186 g/mol. The lowest BCUT2D eigenvalue weighted by molar-refractivity contribution is -0.132. The molecule has 1 fully saturated rings. The van der Waals surface area contributed by atoms with Crippen molar-refractivity contribution in [2.75, 3.05) is 13.1 Å². The number of carbonyl (C=O) groups is 1. The van der Waals surface area contributed by atoms with Gasteiger partial charge in [-0.25, -0.2) is 0 Å². The van der Waals surface area contributed by atoms with Crippen LogP contribution >= 0.6 is 0 Å². The van der Waals surface area contributed by atoms with Crippen LogP contribution in [0.15, 0.2) is 23.8 Å². The first kappa shape index (κ1) is 10.5. The second kappa shape index (κ2) is 4.65. The Morgan fingerprint density at radius 3 is 2.73 bits per heavy atom. The lowest BCUT2D eigenvalue weighted by atomic mass is 9.92. The summed E-state index contributed by atoms with van der Waals surface area (Å²) in [7, 11) is 0. The number of rotatable bonds is 2. The topological polar surface area (TPSA) is 20.3 Å². The molecule has 1 saturated heterocycles. The van der Waals surface area contributed by atoms with Crippen molar-refractivity contribution in [3.8, 4) is 0 Å². The van der Waals surface area contributed by atoms with Gasteiger partial charge in [-0.3, -0.25) is 4.79 Å². The summed E-state index contributed by atoms with van der Waals surface area (Å²) in [6.45, 7) is 3.98. The maximum atomic E-state index is 12.1. The number of likely N-dealkylation sites (tertiary alicyclic amines) is 1. The first-order valence-corrected chi connectivity index (χ1v) is 5.93. The highest BCUT2D eigenvalue weighted by molar-refractivity contribution is 5.81. The molecule has 2 aliphatic rings. The van der Waals surface area contributed by atoms with E-state index in [1.165, 1.54) is 18.4 Å². The molecule has 1 aliphatic carbocycles. The fourth-order valence-corrected chi connectivity index (χ4v) is 2.35. The second-order valence-corrected chi connectivity index (χ2v) is 4.46. The third-order valence-electron chi connectivity index (χ3n) is 3.39. The van der Waals surface area contributed by atoms with Crippen LogP contribution in [-0.2, 0) is 4.79 Å². The number of nitrogens with zero attached hydrogens (tertiary/aromatic N) is 1. The van der Waals surface area contributed by atoms with E-state index in [9.17, 15) is 4.79 Å². The Morgan fingerprint density at radius 1 is 1.40 bits per heavy atom. The Morgan fingerprint density at radius 2 is 2.13 bits per heavy atom. The molecule has 1 amide bonds. The molecule has 1 heterocycles. The van der Waals surface area contributed by atoms with E-state index in [4.69, 9.17) is 0 Å². The number of allylic oxidation sites excluding steroid dienone is 3. The average molecular weight is 205 g/mol. The molecule has 0 aromatic carbocycles. The molecule has 15 heavy (non-hydrogen) atoms. The average Bonchev–Trinajstić information content (AvgIpc) is 2.82. The maximum absolute atomic E-state index is 12.1. The molecule has 2 rings (SSSR count). The van der Waals surface area contributed by atoms with Crippen molar-refractivity contribution in [2.24, 2.45) is 5.92 Å². The van der Waals surface area contributed by atoms with Crippen molar-refractivity contribution in [1.82, 2.24) is 4.90 Å². The van der Waals surface area contributed by atoms with E-state index >= 15 is 0 Å². The third kappa shape index (κ3) is 2.31. The van der Waals surface area contributed by atoms with Crippen molar-refractivity contribution in [1.29, 1.82) is 0 Å². The standard InChI is InChI=1S/C13H19NO/c1-11(12-7-3-2-4-8-12)13(15)14-9-5-6-10-14/h2-3,7,11H,4-6,8-10H2,1H3. The molecule has 0 aromatic rings. The summed E-state index contributed by atoms with van der Waals surface area (Å²) in [5.74, 6) is 0.419. The van der Waals surface area contributed by atoms with Gasteiger partial charge in [0, 0.05) is 13.1 Å². The fourth-order valence-electron chi connectivity index (χ4n) is 2.35. The Labute approximate surface area is 91.6 Å². The zero-order chi connectivity index (χ0) is 10.7. The molecule has 2 nitrogen and oxygen atoms in total. The van der Waals surface area contributed by atoms with Gasteiger partial charge in [-0.2, -0.15) is 0 Å². The van der Waals surface area contributed by atoms with Crippen molar-refractivity contribution >= 4 is 5.91 Å². The first-order valence-electron chi connectivity index (χ1n) is 5.93. The monoisotopic (exact) mass is 205 g/mol. The zero-order valence-corrected chi connectivity index (χ0v) is 9.41. The molecule has 0 radical (unpaired) electrons. The number of hydrogen-bond donors (Lipinski definition) is 0. The van der Waals surface area contributed by atoms with E-state index in [1.54, 1.807) is 0 Å². The molecular formula is C13H19NO. The smallest absolute Gasteiger partial charge is 0.229 e. The molecule has 2 heteroatoms. The van der Waals surface area contributed by atoms with Crippen LogP contribution in [0, 0.1) is 5.92 Å². The fraction of sp³-hybridized carbons (Fsp3) is 0.615. The normalized spacial score (nSPS) is 22.7. The van der Waals surface area contributed by atoms with Gasteiger partial charge in [0.2, 0.25) is 5.91 Å². The van der Waals surface area contributed by atoms with Gasteiger partial charge in [-0.05, 0) is 32.6 Å². The molecule has 1 aliphatic heterocycles. The van der Waals surface area contributed by atoms with Crippen molar-refractivity contribution in [2.45, 2.75) is 32.6 Å². The van der Waals surface area contributed by atoms with Gasteiger partial charge in [0.25, 0.3) is 0 Å². The minimum atomic E-state index is 0.0908. The summed E-state index contributed by atoms with van der Waals surface area (Å²) in [4.78, 5) is 14.1. The van der Waals surface area contributed by atoms with Crippen molar-refractivity contribution in [3.63, 3.8) is 0 Å². The van der Waals surface area contributed by atoms with Gasteiger partial charge < -0.3 is 4.90 Å². The lowest BCUT2D eigenvalue weighted by Gasteiger charge is -2.23. The Balaban J connectivity index is 1.99. The molecule has 1 unspecified atom stereocenters. The molecule has 0 saturated carbocycles. The number of carbonyl (C=O) groups excluding carboxylic acids is 1. The SMILES string of the molecule is CC(C(=O)N1CCCC1)C1=CC=CCC1. The minimum absolute atomic E-state index is 0.0908. The summed E-state index contributed by atoms with van der Waals surface area (Å²) >= 11 is 0. The van der Waals surface area contributed by atoms with Crippen LogP contribution < -0.4 is 0 Å². The van der Waals surface area contributed by atoms with E-state index < -0.39 is 0 Å². The highest BCUT2D eigenvalue weighted by Crippen LogP contribution is 2.23. The zero-order valence-electron chi connectivity index (χ0n) is 9.41. The first-order chi connectivity index (χ1) is 7.29. The van der Waals surface area contributed by atoms with E-state index in [2.05, 4.69) is 18.2 Å². The van der Waals surface area contributed by atoms with Crippen LogP contribution in [0.1, 0.15) is 32.6 Å². The van der Waals surface area contributed by atoms with E-state index in [1.807, 2.05) is 11.8 Å². The van der Waals surface area contributed by atoms with Crippen LogP contribution in [0.25, 0.3) is 0 Å². The Bertz CT molecular complexity index is 298. The lowest BCUT2D eigenvalue weighted by Crippen LogP contribution is -2.33. The second-order valence-electron chi connectivity index (χ2n) is 4.46. The van der Waals surface area contributed by atoms with E-state index in [0.29, 0.717) is 5.91 Å². The van der Waals surface area contributed by atoms with Gasteiger partial charge in [0.1, 0.15) is 0 Å². The summed E-state index contributed by atoms with van der Waals surface area (Å²) in [6, 6.07) is 0. The minimum Gasteiger partial charge on any atom is -0.342 e. The predicted molar refractivity (Wildman–Crippen MR) is 61.4 cm³/mol. The molecule has 1 atom stereocenters. The van der Waals surface area contributed by atoms with E-state index in [0.717, 1.165) is 25.9 Å². The number of hydrogen-bond acceptors (Lipinski definition) is 1. The van der Waals surface area contributed by atoms with Gasteiger partial charge >= 0.3 is 0 Å². The molecule has 0 spiro atoms. The maximum Gasteiger partial charge on any atom is 0.229 e. The van der Waals surface area contributed by atoms with Gasteiger partial charge in [0.05, 0.1) is 5.92 Å². The molecule has 0 aromatic heterocycles. The van der Waals surface area contributed by atoms with Gasteiger partial charge in [0.15, 0.2) is 0 Å². The number of amides is 1. The third-order valence-corrected chi connectivity index (χ3v) is 3.39. The van der Waals surface area contributed by atoms with Gasteiger partial charge in [-0.15, -0.1) is 0 Å². The highest BCUT2D eigenvalue weighted by Gasteiger charge is 2.25. The predicted octanol–water partition coefficient (Wildman–Crippen LogP) is 2.52. The van der Waals surface area contributed by atoms with Crippen molar-refractivity contribution in [3.05, 3.63) is 23.8 Å². The van der Waals surface area contributed by atoms with Crippen LogP contribution in [-0.4, -0.2) is 23.9 Å².